The third kappa shape index (κ3) is 4.87. The number of anilines is 2. The van der Waals surface area contributed by atoms with Crippen molar-refractivity contribution in [2.75, 3.05) is 12.0 Å². The van der Waals surface area contributed by atoms with E-state index in [9.17, 15) is 4.79 Å². The zero-order chi connectivity index (χ0) is 22.5. The van der Waals surface area contributed by atoms with Crippen LogP contribution in [-0.2, 0) is 17.0 Å². The minimum atomic E-state index is -0.0589. The molecule has 0 saturated carbocycles. The molecule has 8 heteroatoms. The number of hydrogen-bond acceptors (Lipinski definition) is 6. The number of hydrogen-bond donors (Lipinski definition) is 0. The van der Waals surface area contributed by atoms with Crippen LogP contribution in [0.15, 0.2) is 71.5 Å². The number of aromatic nitrogens is 3. The lowest BCUT2D eigenvalue weighted by Crippen LogP contribution is -2.22. The Balaban J connectivity index is 1.50. The summed E-state index contributed by atoms with van der Waals surface area (Å²) in [6.45, 7) is 3.68. The quantitative estimate of drug-likeness (QED) is 0.305. The molecule has 0 aliphatic heterocycles. The van der Waals surface area contributed by atoms with Crippen molar-refractivity contribution in [3.8, 4) is 11.4 Å². The number of thioether (sulfide) groups is 1. The van der Waals surface area contributed by atoms with Crippen LogP contribution in [-0.4, -0.2) is 27.6 Å². The fourth-order valence-electron chi connectivity index (χ4n) is 3.26. The molecule has 6 nitrogen and oxygen atoms in total. The minimum absolute atomic E-state index is 0.0589. The van der Waals surface area contributed by atoms with Crippen molar-refractivity contribution in [3.63, 3.8) is 0 Å². The molecule has 32 heavy (non-hydrogen) atoms. The maximum atomic E-state index is 12.4. The van der Waals surface area contributed by atoms with Crippen LogP contribution in [0.5, 0.6) is 5.75 Å². The van der Waals surface area contributed by atoms with Gasteiger partial charge in [0.1, 0.15) is 5.75 Å². The highest BCUT2D eigenvalue weighted by atomic mass is 32.2. The molecule has 2 heterocycles. The molecular weight excluding hydrogens is 440 g/mol. The molecule has 0 spiro atoms. The fourth-order valence-corrected chi connectivity index (χ4v) is 5.12. The lowest BCUT2D eigenvalue weighted by Gasteiger charge is -2.18. The second-order valence-corrected chi connectivity index (χ2v) is 8.84. The number of carbonyl (C=O) groups is 1. The smallest absolute Gasteiger partial charge is 0.230 e. The van der Waals surface area contributed by atoms with Crippen molar-refractivity contribution in [2.45, 2.75) is 31.2 Å². The Bertz CT molecular complexity index is 1200. The summed E-state index contributed by atoms with van der Waals surface area (Å²) in [4.78, 5) is 23.3. The number of carbonyl (C=O) groups excluding carboxylic acids is 1. The van der Waals surface area contributed by atoms with Gasteiger partial charge in [0.05, 0.1) is 24.2 Å². The molecule has 4 rings (SSSR count). The van der Waals surface area contributed by atoms with E-state index in [4.69, 9.17) is 9.72 Å². The first kappa shape index (κ1) is 22.1. The molecule has 0 aliphatic carbocycles. The molecular formula is C24H24N4O2S2. The average molecular weight is 465 g/mol. The van der Waals surface area contributed by atoms with Crippen LogP contribution < -0.4 is 9.64 Å². The van der Waals surface area contributed by atoms with Gasteiger partial charge in [-0.15, -0.1) is 11.3 Å². The van der Waals surface area contributed by atoms with Gasteiger partial charge in [-0.2, -0.15) is 0 Å². The monoisotopic (exact) mass is 464 g/mol. The molecule has 4 aromatic rings. The van der Waals surface area contributed by atoms with E-state index in [2.05, 4.69) is 11.9 Å². The SMILES string of the molecule is CCc1ccc(N(C(C)=O)c2nc(CSc3nccn3-c3cccc(OC)c3)cs2)cc1. The van der Waals surface area contributed by atoms with Gasteiger partial charge in [-0.1, -0.05) is 36.9 Å². The van der Waals surface area contributed by atoms with Crippen LogP contribution >= 0.6 is 23.1 Å². The molecule has 0 N–H and O–H groups in total. The van der Waals surface area contributed by atoms with E-state index >= 15 is 0 Å². The topological polar surface area (TPSA) is 60.2 Å². The first-order valence-electron chi connectivity index (χ1n) is 10.2. The van der Waals surface area contributed by atoms with Gasteiger partial charge in [0.15, 0.2) is 10.3 Å². The molecule has 0 radical (unpaired) electrons. The number of aryl methyl sites for hydroxylation is 1. The predicted molar refractivity (Wildman–Crippen MR) is 130 cm³/mol. The van der Waals surface area contributed by atoms with Crippen LogP contribution in [0.1, 0.15) is 25.1 Å². The molecule has 0 bridgehead atoms. The Morgan fingerprint density at radius 2 is 2.03 bits per heavy atom. The van der Waals surface area contributed by atoms with Crippen molar-refractivity contribution in [1.82, 2.24) is 14.5 Å². The molecule has 0 saturated heterocycles. The first-order valence-corrected chi connectivity index (χ1v) is 12.1. The molecule has 0 unspecified atom stereocenters. The van der Waals surface area contributed by atoms with Gasteiger partial charge in [-0.3, -0.25) is 14.3 Å². The normalized spacial score (nSPS) is 10.8. The van der Waals surface area contributed by atoms with E-state index in [1.807, 2.05) is 64.7 Å². The van der Waals surface area contributed by atoms with Crippen molar-refractivity contribution in [3.05, 3.63) is 77.6 Å². The molecule has 164 valence electrons. The van der Waals surface area contributed by atoms with Gasteiger partial charge in [0.25, 0.3) is 0 Å². The fraction of sp³-hybridized carbons (Fsp3) is 0.208. The van der Waals surface area contributed by atoms with Crippen LogP contribution in [0.4, 0.5) is 10.8 Å². The summed E-state index contributed by atoms with van der Waals surface area (Å²) in [5, 5.41) is 3.54. The average Bonchev–Trinajstić information content (AvgIpc) is 3.48. The van der Waals surface area contributed by atoms with Crippen LogP contribution in [0.2, 0.25) is 0 Å². The zero-order valence-electron chi connectivity index (χ0n) is 18.2. The van der Waals surface area contributed by atoms with Crippen molar-refractivity contribution in [1.29, 1.82) is 0 Å². The highest BCUT2D eigenvalue weighted by Gasteiger charge is 2.18. The number of imidazole rings is 1. The summed E-state index contributed by atoms with van der Waals surface area (Å²) < 4.78 is 7.36. The number of amides is 1. The lowest BCUT2D eigenvalue weighted by molar-refractivity contribution is -0.115. The summed E-state index contributed by atoms with van der Waals surface area (Å²) in [6.07, 6.45) is 4.68. The van der Waals surface area contributed by atoms with Crippen molar-refractivity contribution < 1.29 is 9.53 Å². The summed E-state index contributed by atoms with van der Waals surface area (Å²) in [7, 11) is 1.66. The Kier molecular flexibility index (Phi) is 6.92. The summed E-state index contributed by atoms with van der Waals surface area (Å²) in [5.74, 6) is 1.39. The van der Waals surface area contributed by atoms with Gasteiger partial charge < -0.3 is 4.74 Å². The largest absolute Gasteiger partial charge is 0.497 e. The second kappa shape index (κ2) is 10.0. The Labute approximate surface area is 195 Å². The molecule has 2 aromatic carbocycles. The number of benzene rings is 2. The number of ether oxygens (including phenoxy) is 1. The second-order valence-electron chi connectivity index (χ2n) is 7.07. The highest BCUT2D eigenvalue weighted by Crippen LogP contribution is 2.32. The molecule has 1 amide bonds. The summed E-state index contributed by atoms with van der Waals surface area (Å²) >= 11 is 3.07. The van der Waals surface area contributed by atoms with E-state index in [0.717, 1.165) is 34.4 Å². The molecule has 0 aliphatic rings. The Hall–Kier alpha value is -3.10. The van der Waals surface area contributed by atoms with E-state index in [0.29, 0.717) is 10.9 Å². The number of nitrogens with zero attached hydrogens (tertiary/aromatic N) is 4. The van der Waals surface area contributed by atoms with Gasteiger partial charge in [-0.25, -0.2) is 9.97 Å². The van der Waals surface area contributed by atoms with Gasteiger partial charge >= 0.3 is 0 Å². The molecule has 0 fully saturated rings. The van der Waals surface area contributed by atoms with Crippen LogP contribution in [0.3, 0.4) is 0 Å². The van der Waals surface area contributed by atoms with Gasteiger partial charge in [-0.05, 0) is 36.2 Å². The summed E-state index contributed by atoms with van der Waals surface area (Å²) in [6, 6.07) is 15.9. The Morgan fingerprint density at radius 1 is 1.22 bits per heavy atom. The standard InChI is InChI=1S/C24H24N4O2S2/c1-4-18-8-10-20(11-9-18)28(17(2)29)24-26-19(16-32-24)15-31-23-25-12-13-27(23)21-6-5-7-22(14-21)30-3/h5-14,16H,4,15H2,1-3H3. The number of methoxy groups -OCH3 is 1. The molecule has 2 aromatic heterocycles. The number of rotatable bonds is 8. The van der Waals surface area contributed by atoms with Crippen LogP contribution in [0, 0.1) is 0 Å². The van der Waals surface area contributed by atoms with E-state index in [1.54, 1.807) is 36.9 Å². The predicted octanol–water partition coefficient (Wildman–Crippen LogP) is 5.88. The number of thiazole rings is 1. The third-order valence-corrected chi connectivity index (χ3v) is 6.81. The van der Waals surface area contributed by atoms with E-state index < -0.39 is 0 Å². The van der Waals surface area contributed by atoms with Gasteiger partial charge in [0, 0.05) is 36.5 Å². The third-order valence-electron chi connectivity index (χ3n) is 4.94. The van der Waals surface area contributed by atoms with Crippen molar-refractivity contribution in [2.24, 2.45) is 0 Å². The van der Waals surface area contributed by atoms with Crippen LogP contribution in [0.25, 0.3) is 5.69 Å². The Morgan fingerprint density at radius 3 is 2.75 bits per heavy atom. The zero-order valence-corrected chi connectivity index (χ0v) is 19.8. The lowest BCUT2D eigenvalue weighted by atomic mass is 10.1. The maximum absolute atomic E-state index is 12.4. The minimum Gasteiger partial charge on any atom is -0.497 e. The van der Waals surface area contributed by atoms with E-state index in [-0.39, 0.29) is 5.91 Å². The van der Waals surface area contributed by atoms with Gasteiger partial charge in [0.2, 0.25) is 5.91 Å². The summed E-state index contributed by atoms with van der Waals surface area (Å²) in [5.41, 5.74) is 3.96. The van der Waals surface area contributed by atoms with Crippen molar-refractivity contribution >= 4 is 39.8 Å². The molecule has 0 atom stereocenters. The first-order chi connectivity index (χ1) is 15.6. The van der Waals surface area contributed by atoms with E-state index in [1.165, 1.54) is 16.9 Å². The maximum Gasteiger partial charge on any atom is 0.230 e. The highest BCUT2D eigenvalue weighted by molar-refractivity contribution is 7.98.